The van der Waals surface area contributed by atoms with E-state index in [1.807, 2.05) is 11.0 Å². The zero-order chi connectivity index (χ0) is 15.4. The Morgan fingerprint density at radius 3 is 2.86 bits per heavy atom. The second-order valence-electron chi connectivity index (χ2n) is 5.35. The molecule has 1 aromatic heterocycles. The molecule has 116 valence electrons. The van der Waals surface area contributed by atoms with Crippen molar-refractivity contribution in [3.8, 4) is 5.75 Å². The Morgan fingerprint density at radius 1 is 1.32 bits per heavy atom. The van der Waals surface area contributed by atoms with Gasteiger partial charge in [0, 0.05) is 12.7 Å². The molecule has 1 aliphatic rings. The van der Waals surface area contributed by atoms with Gasteiger partial charge >= 0.3 is 0 Å². The van der Waals surface area contributed by atoms with Crippen molar-refractivity contribution in [2.24, 2.45) is 0 Å². The van der Waals surface area contributed by atoms with Gasteiger partial charge in [-0.15, -0.1) is 0 Å². The van der Waals surface area contributed by atoms with E-state index in [0.717, 1.165) is 31.5 Å². The number of rotatable bonds is 4. The van der Waals surface area contributed by atoms with Crippen LogP contribution in [0.2, 0.25) is 0 Å². The normalized spacial score (nSPS) is 18.2. The molecule has 6 heteroatoms. The Morgan fingerprint density at radius 2 is 2.14 bits per heavy atom. The SMILES string of the molecule is O=C(COc1ccc(F)cc1)N1CCCC[C@@H]1c1ccn[nH]1. The van der Waals surface area contributed by atoms with Crippen molar-refractivity contribution >= 4 is 5.91 Å². The largest absolute Gasteiger partial charge is 0.484 e. The summed E-state index contributed by atoms with van der Waals surface area (Å²) < 4.78 is 18.3. The molecule has 0 spiro atoms. The van der Waals surface area contributed by atoms with Crippen molar-refractivity contribution in [1.82, 2.24) is 15.1 Å². The summed E-state index contributed by atoms with van der Waals surface area (Å²) in [4.78, 5) is 14.3. The molecule has 1 atom stereocenters. The maximum Gasteiger partial charge on any atom is 0.261 e. The molecule has 0 unspecified atom stereocenters. The number of hydrogen-bond acceptors (Lipinski definition) is 3. The van der Waals surface area contributed by atoms with Gasteiger partial charge in [-0.25, -0.2) is 4.39 Å². The standard InChI is InChI=1S/C16H18FN3O2/c17-12-4-6-13(7-5-12)22-11-16(21)20-10-2-1-3-15(20)14-8-9-18-19-14/h4-9,15H,1-3,10-11H2,(H,18,19)/t15-/m1/s1. The van der Waals surface area contributed by atoms with Crippen molar-refractivity contribution in [3.05, 3.63) is 48.0 Å². The quantitative estimate of drug-likeness (QED) is 0.944. The van der Waals surface area contributed by atoms with Gasteiger partial charge in [0.1, 0.15) is 11.6 Å². The van der Waals surface area contributed by atoms with Gasteiger partial charge in [-0.2, -0.15) is 5.10 Å². The second kappa shape index (κ2) is 6.60. The summed E-state index contributed by atoms with van der Waals surface area (Å²) in [6.45, 7) is 0.672. The summed E-state index contributed by atoms with van der Waals surface area (Å²) in [7, 11) is 0. The number of benzene rings is 1. The van der Waals surface area contributed by atoms with Crippen LogP contribution < -0.4 is 4.74 Å². The molecule has 1 fully saturated rings. The fourth-order valence-corrected chi connectivity index (χ4v) is 2.76. The van der Waals surface area contributed by atoms with Gasteiger partial charge in [0.15, 0.2) is 6.61 Å². The van der Waals surface area contributed by atoms with Crippen molar-refractivity contribution < 1.29 is 13.9 Å². The lowest BCUT2D eigenvalue weighted by molar-refractivity contribution is -0.137. The first-order valence-electron chi connectivity index (χ1n) is 7.41. The molecule has 0 aliphatic carbocycles. The first-order valence-corrected chi connectivity index (χ1v) is 7.41. The van der Waals surface area contributed by atoms with Gasteiger partial charge in [-0.3, -0.25) is 9.89 Å². The summed E-state index contributed by atoms with van der Waals surface area (Å²) in [5.41, 5.74) is 0.954. The van der Waals surface area contributed by atoms with E-state index in [2.05, 4.69) is 10.2 Å². The number of carbonyl (C=O) groups is 1. The molecule has 5 nitrogen and oxygen atoms in total. The van der Waals surface area contributed by atoms with E-state index in [1.54, 1.807) is 6.20 Å². The van der Waals surface area contributed by atoms with E-state index >= 15 is 0 Å². The number of aromatic amines is 1. The topological polar surface area (TPSA) is 58.2 Å². The van der Waals surface area contributed by atoms with E-state index in [1.165, 1.54) is 24.3 Å². The first-order chi connectivity index (χ1) is 10.7. The second-order valence-corrected chi connectivity index (χ2v) is 5.35. The number of hydrogen-bond donors (Lipinski definition) is 1. The summed E-state index contributed by atoms with van der Waals surface area (Å²) in [5, 5.41) is 6.91. The van der Waals surface area contributed by atoms with Gasteiger partial charge in [0.2, 0.25) is 0 Å². The van der Waals surface area contributed by atoms with E-state index in [0.29, 0.717) is 5.75 Å². The van der Waals surface area contributed by atoms with Crippen LogP contribution in [-0.2, 0) is 4.79 Å². The zero-order valence-electron chi connectivity index (χ0n) is 12.2. The average molecular weight is 303 g/mol. The van der Waals surface area contributed by atoms with E-state index in [9.17, 15) is 9.18 Å². The van der Waals surface area contributed by atoms with Crippen LogP contribution in [0.15, 0.2) is 36.5 Å². The number of carbonyl (C=O) groups excluding carboxylic acids is 1. The van der Waals surface area contributed by atoms with Crippen LogP contribution in [0.25, 0.3) is 0 Å². The third kappa shape index (κ3) is 3.27. The van der Waals surface area contributed by atoms with Crippen LogP contribution in [0.4, 0.5) is 4.39 Å². The van der Waals surface area contributed by atoms with E-state index in [-0.39, 0.29) is 24.4 Å². The van der Waals surface area contributed by atoms with Crippen LogP contribution >= 0.6 is 0 Å². The van der Waals surface area contributed by atoms with Gasteiger partial charge in [-0.1, -0.05) is 0 Å². The Hall–Kier alpha value is -2.37. The smallest absolute Gasteiger partial charge is 0.261 e. The predicted molar refractivity (Wildman–Crippen MR) is 78.8 cm³/mol. The van der Waals surface area contributed by atoms with Gasteiger partial charge < -0.3 is 9.64 Å². The molecule has 1 amide bonds. The Labute approximate surface area is 128 Å². The van der Waals surface area contributed by atoms with Gasteiger partial charge in [0.05, 0.1) is 11.7 Å². The molecule has 0 radical (unpaired) electrons. The molecule has 22 heavy (non-hydrogen) atoms. The average Bonchev–Trinajstić information content (AvgIpc) is 3.08. The molecular formula is C16H18FN3O2. The minimum atomic E-state index is -0.325. The predicted octanol–water partition coefficient (Wildman–Crippen LogP) is 2.68. The summed E-state index contributed by atoms with van der Waals surface area (Å²) in [5.74, 6) is 0.0995. The Balaban J connectivity index is 1.63. The molecule has 1 saturated heterocycles. The Kier molecular flexibility index (Phi) is 4.37. The van der Waals surface area contributed by atoms with Gasteiger partial charge in [0.25, 0.3) is 5.91 Å². The minimum Gasteiger partial charge on any atom is -0.484 e. The van der Waals surface area contributed by atoms with Crippen LogP contribution in [0.5, 0.6) is 5.75 Å². The number of H-pyrrole nitrogens is 1. The molecule has 1 N–H and O–H groups in total. The maximum atomic E-state index is 12.8. The van der Waals surface area contributed by atoms with Crippen LogP contribution in [0.1, 0.15) is 31.0 Å². The lowest BCUT2D eigenvalue weighted by atomic mass is 9.99. The molecule has 0 saturated carbocycles. The third-order valence-electron chi connectivity index (χ3n) is 3.88. The zero-order valence-corrected chi connectivity index (χ0v) is 12.2. The van der Waals surface area contributed by atoms with E-state index in [4.69, 9.17) is 4.74 Å². The molecule has 3 rings (SSSR count). The summed E-state index contributed by atoms with van der Waals surface area (Å²) in [6.07, 6.45) is 4.70. The van der Waals surface area contributed by atoms with Crippen molar-refractivity contribution in [3.63, 3.8) is 0 Å². The Bertz CT molecular complexity index is 613. The number of likely N-dealkylation sites (tertiary alicyclic amines) is 1. The highest BCUT2D eigenvalue weighted by Crippen LogP contribution is 2.29. The number of nitrogens with one attached hydrogen (secondary N) is 1. The summed E-state index contributed by atoms with van der Waals surface area (Å²) in [6, 6.07) is 7.59. The molecular weight excluding hydrogens is 285 g/mol. The van der Waals surface area contributed by atoms with Crippen LogP contribution in [-0.4, -0.2) is 34.2 Å². The van der Waals surface area contributed by atoms with Gasteiger partial charge in [-0.05, 0) is 49.6 Å². The highest BCUT2D eigenvalue weighted by atomic mass is 19.1. The van der Waals surface area contributed by atoms with Crippen molar-refractivity contribution in [2.45, 2.75) is 25.3 Å². The summed E-state index contributed by atoms with van der Waals surface area (Å²) >= 11 is 0. The van der Waals surface area contributed by atoms with E-state index < -0.39 is 0 Å². The lowest BCUT2D eigenvalue weighted by Crippen LogP contribution is -2.41. The molecule has 1 aliphatic heterocycles. The maximum absolute atomic E-state index is 12.8. The molecule has 1 aromatic carbocycles. The molecule has 0 bridgehead atoms. The highest BCUT2D eigenvalue weighted by molar-refractivity contribution is 5.78. The van der Waals surface area contributed by atoms with Crippen molar-refractivity contribution in [2.75, 3.05) is 13.2 Å². The fourth-order valence-electron chi connectivity index (χ4n) is 2.76. The minimum absolute atomic E-state index is 0.0283. The van der Waals surface area contributed by atoms with Crippen LogP contribution in [0, 0.1) is 5.82 Å². The fraction of sp³-hybridized carbons (Fsp3) is 0.375. The highest BCUT2D eigenvalue weighted by Gasteiger charge is 2.28. The third-order valence-corrected chi connectivity index (χ3v) is 3.88. The monoisotopic (exact) mass is 303 g/mol. The number of halogens is 1. The first kappa shape index (κ1) is 14.6. The number of nitrogens with zero attached hydrogens (tertiary/aromatic N) is 2. The molecule has 2 heterocycles. The number of amides is 1. The van der Waals surface area contributed by atoms with Crippen molar-refractivity contribution in [1.29, 1.82) is 0 Å². The number of piperidine rings is 1. The number of aromatic nitrogens is 2. The van der Waals surface area contributed by atoms with Crippen LogP contribution in [0.3, 0.4) is 0 Å². The lowest BCUT2D eigenvalue weighted by Gasteiger charge is -2.35. The number of ether oxygens (including phenoxy) is 1. The molecule has 2 aromatic rings.